The Morgan fingerprint density at radius 3 is 2.80 bits per heavy atom. The quantitative estimate of drug-likeness (QED) is 0.389. The van der Waals surface area contributed by atoms with Gasteiger partial charge < -0.3 is 4.74 Å². The van der Waals surface area contributed by atoms with E-state index in [1.165, 1.54) is 0 Å². The third-order valence-electron chi connectivity index (χ3n) is 1.96. The molecule has 10 heavy (non-hydrogen) atoms. The lowest BCUT2D eigenvalue weighted by Crippen LogP contribution is -2.29. The van der Waals surface area contributed by atoms with Gasteiger partial charge in [0.05, 0.1) is 12.2 Å². The van der Waals surface area contributed by atoms with Crippen LogP contribution in [0, 0.1) is 11.3 Å². The number of fused-ring (bicyclic) bond motifs is 2. The summed E-state index contributed by atoms with van der Waals surface area (Å²) >= 11 is 5.91. The fourth-order valence-electron chi connectivity index (χ4n) is 1.40. The number of nitrogens with zero attached hydrogens (tertiary/aromatic N) is 1. The number of hydrogen-bond acceptors (Lipinski definition) is 2. The van der Waals surface area contributed by atoms with E-state index in [4.69, 9.17) is 21.6 Å². The van der Waals surface area contributed by atoms with Crippen molar-refractivity contribution in [3.63, 3.8) is 0 Å². The molecule has 0 aromatic carbocycles. The lowest BCUT2D eigenvalue weighted by Gasteiger charge is -2.15. The van der Waals surface area contributed by atoms with Gasteiger partial charge in [0.25, 0.3) is 0 Å². The zero-order chi connectivity index (χ0) is 7.19. The van der Waals surface area contributed by atoms with Gasteiger partial charge in [0.2, 0.25) is 0 Å². The highest BCUT2D eigenvalue weighted by Gasteiger charge is 2.49. The zero-order valence-corrected chi connectivity index (χ0v) is 6.01. The van der Waals surface area contributed by atoms with E-state index in [-0.39, 0.29) is 12.2 Å². The zero-order valence-electron chi connectivity index (χ0n) is 5.25. The first-order chi connectivity index (χ1) is 4.74. The van der Waals surface area contributed by atoms with Crippen LogP contribution in [0.2, 0.25) is 0 Å². The number of rotatable bonds is 0. The Kier molecular flexibility index (Phi) is 1.08. The third-order valence-corrected chi connectivity index (χ3v) is 2.41. The Morgan fingerprint density at radius 2 is 2.50 bits per heavy atom. The summed E-state index contributed by atoms with van der Waals surface area (Å²) in [6.45, 7) is 0. The number of halogens is 1. The lowest BCUT2D eigenvalue weighted by molar-refractivity contribution is 0.117. The minimum Gasteiger partial charge on any atom is -0.364 e. The predicted octanol–water partition coefficient (Wildman–Crippen LogP) is 1.21. The molecule has 52 valence electrons. The molecule has 2 bridgehead atoms. The topological polar surface area (TPSA) is 33.0 Å². The van der Waals surface area contributed by atoms with Crippen LogP contribution in [0.15, 0.2) is 12.2 Å². The van der Waals surface area contributed by atoms with E-state index in [1.54, 1.807) is 0 Å². The van der Waals surface area contributed by atoms with Crippen molar-refractivity contribution in [2.75, 3.05) is 0 Å². The minimum atomic E-state index is -0.778. The van der Waals surface area contributed by atoms with Crippen molar-refractivity contribution in [2.24, 2.45) is 0 Å². The second kappa shape index (κ2) is 1.75. The van der Waals surface area contributed by atoms with E-state index in [0.29, 0.717) is 6.42 Å². The Bertz CT molecular complexity index is 232. The summed E-state index contributed by atoms with van der Waals surface area (Å²) in [5.41, 5.74) is 0. The molecular weight excluding hydrogens is 150 g/mol. The van der Waals surface area contributed by atoms with Crippen molar-refractivity contribution in [3.05, 3.63) is 12.2 Å². The molecular formula is C7H6ClNO. The number of nitriles is 1. The van der Waals surface area contributed by atoms with Crippen molar-refractivity contribution in [1.29, 1.82) is 5.26 Å². The van der Waals surface area contributed by atoms with Crippen LogP contribution in [0.3, 0.4) is 0 Å². The molecule has 0 aromatic heterocycles. The van der Waals surface area contributed by atoms with E-state index in [0.717, 1.165) is 0 Å². The molecule has 1 fully saturated rings. The molecule has 0 saturated carbocycles. The van der Waals surface area contributed by atoms with Gasteiger partial charge in [-0.05, 0) is 0 Å². The number of ether oxygens (including phenoxy) is 1. The van der Waals surface area contributed by atoms with Gasteiger partial charge in [-0.25, -0.2) is 0 Å². The normalized spacial score (nSPS) is 49.6. The number of alkyl halides is 1. The molecule has 0 aromatic rings. The average molecular weight is 156 g/mol. The maximum atomic E-state index is 8.65. The maximum absolute atomic E-state index is 8.65. The predicted molar refractivity (Wildman–Crippen MR) is 36.6 cm³/mol. The average Bonchev–Trinajstić information content (AvgIpc) is 2.46. The molecule has 2 aliphatic heterocycles. The highest BCUT2D eigenvalue weighted by Crippen LogP contribution is 2.41. The molecule has 0 spiro atoms. The molecule has 2 heterocycles. The SMILES string of the molecule is N#CC1(Cl)C[C@H]2C=C[C@@H]1O2. The summed E-state index contributed by atoms with van der Waals surface area (Å²) in [6, 6.07) is 2.06. The van der Waals surface area contributed by atoms with Crippen molar-refractivity contribution in [1.82, 2.24) is 0 Å². The molecule has 0 aliphatic carbocycles. The molecule has 3 atom stereocenters. The maximum Gasteiger partial charge on any atom is 0.163 e. The van der Waals surface area contributed by atoms with Crippen LogP contribution in [0.25, 0.3) is 0 Å². The first-order valence-electron chi connectivity index (χ1n) is 3.18. The molecule has 2 rings (SSSR count). The van der Waals surface area contributed by atoms with Gasteiger partial charge in [0.1, 0.15) is 6.10 Å². The Morgan fingerprint density at radius 1 is 1.70 bits per heavy atom. The third kappa shape index (κ3) is 0.622. The molecule has 0 N–H and O–H groups in total. The van der Waals surface area contributed by atoms with Crippen molar-refractivity contribution < 1.29 is 4.74 Å². The summed E-state index contributed by atoms with van der Waals surface area (Å²) in [6.07, 6.45) is 4.37. The van der Waals surface area contributed by atoms with E-state index < -0.39 is 4.87 Å². The van der Waals surface area contributed by atoms with Crippen molar-refractivity contribution in [2.45, 2.75) is 23.5 Å². The lowest BCUT2D eigenvalue weighted by atomic mass is 9.95. The highest BCUT2D eigenvalue weighted by atomic mass is 35.5. The van der Waals surface area contributed by atoms with Crippen LogP contribution in [0.5, 0.6) is 0 Å². The summed E-state index contributed by atoms with van der Waals surface area (Å²) in [7, 11) is 0. The van der Waals surface area contributed by atoms with E-state index in [1.807, 2.05) is 12.2 Å². The van der Waals surface area contributed by atoms with Gasteiger partial charge in [-0.2, -0.15) is 5.26 Å². The van der Waals surface area contributed by atoms with Gasteiger partial charge in [0.15, 0.2) is 4.87 Å². The van der Waals surface area contributed by atoms with Crippen LogP contribution in [0.4, 0.5) is 0 Å². The van der Waals surface area contributed by atoms with E-state index >= 15 is 0 Å². The summed E-state index contributed by atoms with van der Waals surface area (Å²) in [5.74, 6) is 0. The fourth-order valence-corrected chi connectivity index (χ4v) is 1.67. The molecule has 2 aliphatic rings. The smallest absolute Gasteiger partial charge is 0.163 e. The highest BCUT2D eigenvalue weighted by molar-refractivity contribution is 6.26. The van der Waals surface area contributed by atoms with Crippen molar-refractivity contribution >= 4 is 11.6 Å². The Balaban J connectivity index is 2.33. The summed E-state index contributed by atoms with van der Waals surface area (Å²) in [5, 5.41) is 8.65. The van der Waals surface area contributed by atoms with Crippen LogP contribution < -0.4 is 0 Å². The first-order valence-corrected chi connectivity index (χ1v) is 3.56. The molecule has 2 nitrogen and oxygen atoms in total. The number of hydrogen-bond donors (Lipinski definition) is 0. The molecule has 0 amide bonds. The van der Waals surface area contributed by atoms with Crippen LogP contribution in [-0.4, -0.2) is 17.1 Å². The molecule has 0 radical (unpaired) electrons. The van der Waals surface area contributed by atoms with Crippen LogP contribution in [-0.2, 0) is 4.74 Å². The van der Waals surface area contributed by atoms with E-state index in [9.17, 15) is 0 Å². The van der Waals surface area contributed by atoms with Crippen molar-refractivity contribution in [3.8, 4) is 6.07 Å². The fraction of sp³-hybridized carbons (Fsp3) is 0.571. The summed E-state index contributed by atoms with van der Waals surface area (Å²) < 4.78 is 5.31. The standard InChI is InChI=1S/C7H6ClNO/c8-7(4-9)3-5-1-2-6(7)10-5/h1-2,5-6H,3H2/t5-,6+,7?/m1/s1. The van der Waals surface area contributed by atoms with Gasteiger partial charge in [-0.15, -0.1) is 0 Å². The minimum absolute atomic E-state index is 0.0853. The molecule has 1 unspecified atom stereocenters. The Hall–Kier alpha value is -0.520. The van der Waals surface area contributed by atoms with Gasteiger partial charge in [-0.1, -0.05) is 23.8 Å². The van der Waals surface area contributed by atoms with Gasteiger partial charge in [0, 0.05) is 6.42 Å². The Labute approximate surface area is 64.0 Å². The van der Waals surface area contributed by atoms with Gasteiger partial charge >= 0.3 is 0 Å². The second-order valence-corrected chi connectivity index (χ2v) is 3.33. The van der Waals surface area contributed by atoms with Crippen LogP contribution >= 0.6 is 11.6 Å². The molecule has 1 saturated heterocycles. The van der Waals surface area contributed by atoms with E-state index in [2.05, 4.69) is 6.07 Å². The van der Waals surface area contributed by atoms with Gasteiger partial charge in [-0.3, -0.25) is 0 Å². The first kappa shape index (κ1) is 6.21. The molecule has 3 heteroatoms. The summed E-state index contributed by atoms with van der Waals surface area (Å²) in [4.78, 5) is -0.778. The van der Waals surface area contributed by atoms with Crippen LogP contribution in [0.1, 0.15) is 6.42 Å². The monoisotopic (exact) mass is 155 g/mol. The second-order valence-electron chi connectivity index (χ2n) is 2.66. The largest absolute Gasteiger partial charge is 0.364 e.